The van der Waals surface area contributed by atoms with E-state index in [2.05, 4.69) is 0 Å². The van der Waals surface area contributed by atoms with E-state index in [4.69, 9.17) is 0 Å². The number of benzene rings is 1. The van der Waals surface area contributed by atoms with Crippen molar-refractivity contribution in [1.82, 2.24) is 8.61 Å². The van der Waals surface area contributed by atoms with E-state index in [1.54, 1.807) is 15.6 Å². The van der Waals surface area contributed by atoms with E-state index < -0.39 is 20.0 Å². The summed E-state index contributed by atoms with van der Waals surface area (Å²) in [5.41, 5.74) is 0. The van der Waals surface area contributed by atoms with Crippen LogP contribution < -0.4 is 0 Å². The zero-order valence-electron chi connectivity index (χ0n) is 16.9. The average molecular weight is 469 g/mol. The van der Waals surface area contributed by atoms with E-state index in [1.807, 2.05) is 17.5 Å². The monoisotopic (exact) mass is 468 g/mol. The van der Waals surface area contributed by atoms with Gasteiger partial charge >= 0.3 is 0 Å². The maximum Gasteiger partial charge on any atom is 0.243 e. The normalized spacial score (nSPS) is 19.5. The van der Waals surface area contributed by atoms with E-state index in [-0.39, 0.29) is 15.8 Å². The molecular weight excluding hydrogens is 440 g/mol. The number of hydrogen-bond acceptors (Lipinski definition) is 5. The molecule has 4 rings (SSSR count). The highest BCUT2D eigenvalue weighted by molar-refractivity contribution is 7.89. The van der Waals surface area contributed by atoms with Gasteiger partial charge in [-0.1, -0.05) is 25.3 Å². The lowest BCUT2D eigenvalue weighted by molar-refractivity contribution is 0.249. The molecular formula is C21H28N2O4S3. The number of rotatable bonds is 7. The summed E-state index contributed by atoms with van der Waals surface area (Å²) >= 11 is 1.56. The summed E-state index contributed by atoms with van der Waals surface area (Å²) in [7, 11) is -7.28. The van der Waals surface area contributed by atoms with Gasteiger partial charge in [-0.15, -0.1) is 11.3 Å². The molecule has 1 aromatic heterocycles. The van der Waals surface area contributed by atoms with Crippen LogP contribution in [0.3, 0.4) is 0 Å². The average Bonchev–Trinajstić information content (AvgIpc) is 3.47. The van der Waals surface area contributed by atoms with Gasteiger partial charge < -0.3 is 0 Å². The molecule has 0 N–H and O–H groups in total. The van der Waals surface area contributed by atoms with Gasteiger partial charge in [-0.3, -0.25) is 0 Å². The van der Waals surface area contributed by atoms with Crippen LogP contribution >= 0.6 is 11.3 Å². The smallest absolute Gasteiger partial charge is 0.207 e. The fourth-order valence-corrected chi connectivity index (χ4v) is 8.30. The zero-order valence-corrected chi connectivity index (χ0v) is 19.4. The summed E-state index contributed by atoms with van der Waals surface area (Å²) in [6.45, 7) is 1.41. The van der Waals surface area contributed by atoms with Crippen LogP contribution in [0.2, 0.25) is 0 Å². The topological polar surface area (TPSA) is 74.8 Å². The third-order valence-electron chi connectivity index (χ3n) is 6.01. The molecule has 1 saturated carbocycles. The van der Waals surface area contributed by atoms with Gasteiger partial charge in [0.15, 0.2) is 0 Å². The first-order chi connectivity index (χ1) is 14.4. The van der Waals surface area contributed by atoms with Crippen LogP contribution in [0.25, 0.3) is 0 Å². The predicted octanol–water partition coefficient (Wildman–Crippen LogP) is 4.06. The Kier molecular flexibility index (Phi) is 6.64. The van der Waals surface area contributed by atoms with Crippen LogP contribution in [0.1, 0.15) is 49.8 Å². The van der Waals surface area contributed by atoms with E-state index in [9.17, 15) is 16.8 Å². The number of sulfonamides is 2. The Labute approximate surface area is 183 Å². The molecule has 2 fully saturated rings. The molecule has 1 saturated heterocycles. The summed E-state index contributed by atoms with van der Waals surface area (Å²) in [5.74, 6) is 0. The van der Waals surface area contributed by atoms with Gasteiger partial charge in [0.05, 0.1) is 9.79 Å². The van der Waals surface area contributed by atoms with E-state index >= 15 is 0 Å². The van der Waals surface area contributed by atoms with Gasteiger partial charge in [-0.05, 0) is 61.4 Å². The lowest BCUT2D eigenvalue weighted by atomic mass is 9.95. The van der Waals surface area contributed by atoms with Gasteiger partial charge in [0.25, 0.3) is 0 Å². The van der Waals surface area contributed by atoms with Gasteiger partial charge in [0.1, 0.15) is 0 Å². The largest absolute Gasteiger partial charge is 0.243 e. The minimum Gasteiger partial charge on any atom is -0.207 e. The van der Waals surface area contributed by atoms with Crippen molar-refractivity contribution in [3.63, 3.8) is 0 Å². The third-order valence-corrected chi connectivity index (χ3v) is 10.7. The Morgan fingerprint density at radius 2 is 1.50 bits per heavy atom. The number of hydrogen-bond donors (Lipinski definition) is 0. The fraction of sp³-hybridized carbons (Fsp3) is 0.524. The van der Waals surface area contributed by atoms with Crippen LogP contribution in [0.15, 0.2) is 51.6 Å². The maximum absolute atomic E-state index is 13.5. The molecule has 2 aliphatic rings. The molecule has 0 bridgehead atoms. The first-order valence-corrected chi connectivity index (χ1v) is 14.3. The lowest BCUT2D eigenvalue weighted by Gasteiger charge is -2.33. The van der Waals surface area contributed by atoms with Crippen LogP contribution in [0.5, 0.6) is 0 Å². The highest BCUT2D eigenvalue weighted by Crippen LogP contribution is 2.31. The molecule has 0 radical (unpaired) electrons. The summed E-state index contributed by atoms with van der Waals surface area (Å²) in [6.07, 6.45) is 6.68. The SMILES string of the molecule is O=S(=O)(c1ccc(S(=O)(=O)N(Cc2cccs2)C2CCCCC2)cc1)N1CCCC1. The van der Waals surface area contributed by atoms with Gasteiger partial charge in [0.2, 0.25) is 20.0 Å². The Morgan fingerprint density at radius 3 is 2.10 bits per heavy atom. The molecule has 164 valence electrons. The molecule has 6 nitrogen and oxygen atoms in total. The Balaban J connectivity index is 1.62. The summed E-state index contributed by atoms with van der Waals surface area (Å²) < 4.78 is 55.7. The Morgan fingerprint density at radius 1 is 0.867 bits per heavy atom. The molecule has 0 spiro atoms. The molecule has 0 atom stereocenters. The van der Waals surface area contributed by atoms with Crippen molar-refractivity contribution < 1.29 is 16.8 Å². The molecule has 1 aliphatic carbocycles. The predicted molar refractivity (Wildman–Crippen MR) is 118 cm³/mol. The zero-order chi connectivity index (χ0) is 21.2. The van der Waals surface area contributed by atoms with Gasteiger partial charge in [-0.25, -0.2) is 16.8 Å². The van der Waals surface area contributed by atoms with E-state index in [1.165, 1.54) is 28.6 Å². The third kappa shape index (κ3) is 4.50. The van der Waals surface area contributed by atoms with E-state index in [0.717, 1.165) is 49.8 Å². The van der Waals surface area contributed by atoms with Crippen molar-refractivity contribution in [2.75, 3.05) is 13.1 Å². The van der Waals surface area contributed by atoms with Crippen molar-refractivity contribution in [3.05, 3.63) is 46.7 Å². The van der Waals surface area contributed by atoms with Crippen molar-refractivity contribution >= 4 is 31.4 Å². The van der Waals surface area contributed by atoms with Crippen molar-refractivity contribution in [2.45, 2.75) is 67.3 Å². The second-order valence-corrected chi connectivity index (χ2v) is 12.9. The first kappa shape index (κ1) is 22.0. The summed E-state index contributed by atoms with van der Waals surface area (Å²) in [4.78, 5) is 1.33. The second kappa shape index (κ2) is 9.08. The molecule has 1 aromatic carbocycles. The maximum atomic E-state index is 13.5. The van der Waals surface area contributed by atoms with Crippen LogP contribution in [-0.4, -0.2) is 44.6 Å². The van der Waals surface area contributed by atoms with Crippen LogP contribution in [-0.2, 0) is 26.6 Å². The lowest BCUT2D eigenvalue weighted by Crippen LogP contribution is -2.40. The van der Waals surface area contributed by atoms with Crippen molar-refractivity contribution in [3.8, 4) is 0 Å². The second-order valence-electron chi connectivity index (χ2n) is 8.00. The summed E-state index contributed by atoms with van der Waals surface area (Å²) in [5, 5.41) is 1.96. The highest BCUT2D eigenvalue weighted by Gasteiger charge is 2.33. The molecule has 9 heteroatoms. The highest BCUT2D eigenvalue weighted by atomic mass is 32.2. The quantitative estimate of drug-likeness (QED) is 0.614. The number of thiophene rings is 1. The first-order valence-electron chi connectivity index (χ1n) is 10.5. The fourth-order valence-electron chi connectivity index (χ4n) is 4.33. The van der Waals surface area contributed by atoms with E-state index in [0.29, 0.717) is 19.6 Å². The Hall–Kier alpha value is -1.26. The molecule has 1 aliphatic heterocycles. The summed E-state index contributed by atoms with van der Waals surface area (Å²) in [6, 6.07) is 9.64. The molecule has 0 unspecified atom stereocenters. The Bertz CT molecular complexity index is 1040. The van der Waals surface area contributed by atoms with Crippen LogP contribution in [0.4, 0.5) is 0 Å². The minimum atomic E-state index is -3.73. The van der Waals surface area contributed by atoms with Gasteiger partial charge in [-0.2, -0.15) is 8.61 Å². The molecule has 2 heterocycles. The molecule has 30 heavy (non-hydrogen) atoms. The minimum absolute atomic E-state index is 0.0149. The van der Waals surface area contributed by atoms with Crippen molar-refractivity contribution in [1.29, 1.82) is 0 Å². The van der Waals surface area contributed by atoms with Gasteiger partial charge in [0, 0.05) is 30.6 Å². The number of nitrogens with zero attached hydrogens (tertiary/aromatic N) is 2. The van der Waals surface area contributed by atoms with Crippen LogP contribution in [0, 0.1) is 0 Å². The molecule has 0 amide bonds. The standard InChI is InChI=1S/C21H28N2O4S3/c24-29(25,22-14-4-5-15-22)20-10-12-21(13-11-20)30(26,27)23(17-19-9-6-16-28-19)18-7-2-1-3-8-18/h6,9-13,16,18H,1-5,7-8,14-15,17H2. The van der Waals surface area contributed by atoms with Crippen molar-refractivity contribution in [2.24, 2.45) is 0 Å². The molecule has 2 aromatic rings.